The minimum atomic E-state index is -0.325. The number of hydrogen-bond donors (Lipinski definition) is 1. The van der Waals surface area contributed by atoms with Gasteiger partial charge in [0.15, 0.2) is 5.82 Å². The first-order valence-corrected chi connectivity index (χ1v) is 5.47. The molecule has 0 unspecified atom stereocenters. The van der Waals surface area contributed by atoms with Gasteiger partial charge in [-0.2, -0.15) is 4.98 Å². The number of hydrogen-bond acceptors (Lipinski definition) is 4. The SMILES string of the molecule is Cc1nc(CNCc2c(F)cccc2Cl)no1. The van der Waals surface area contributed by atoms with Gasteiger partial charge in [-0.1, -0.05) is 22.8 Å². The molecule has 0 aliphatic heterocycles. The van der Waals surface area contributed by atoms with Crippen LogP contribution in [-0.2, 0) is 13.1 Å². The van der Waals surface area contributed by atoms with Crippen molar-refractivity contribution < 1.29 is 8.91 Å². The molecule has 6 heteroatoms. The zero-order valence-corrected chi connectivity index (χ0v) is 9.96. The van der Waals surface area contributed by atoms with E-state index in [1.54, 1.807) is 19.1 Å². The number of halogens is 2. The molecule has 0 amide bonds. The van der Waals surface area contributed by atoms with Crippen molar-refractivity contribution in [2.75, 3.05) is 0 Å². The average molecular weight is 256 g/mol. The van der Waals surface area contributed by atoms with E-state index in [-0.39, 0.29) is 5.82 Å². The Morgan fingerprint density at radius 2 is 2.24 bits per heavy atom. The van der Waals surface area contributed by atoms with E-state index in [0.29, 0.717) is 35.4 Å². The van der Waals surface area contributed by atoms with E-state index in [9.17, 15) is 4.39 Å². The predicted octanol–water partition coefficient (Wildman–Crippen LogP) is 2.46. The van der Waals surface area contributed by atoms with Gasteiger partial charge in [0.05, 0.1) is 6.54 Å². The maximum absolute atomic E-state index is 13.4. The lowest BCUT2D eigenvalue weighted by atomic mass is 10.2. The molecule has 1 N–H and O–H groups in total. The quantitative estimate of drug-likeness (QED) is 0.912. The summed E-state index contributed by atoms with van der Waals surface area (Å²) in [5.74, 6) is 0.718. The van der Waals surface area contributed by atoms with Crippen molar-refractivity contribution >= 4 is 11.6 Å². The van der Waals surface area contributed by atoms with Crippen LogP contribution in [0, 0.1) is 12.7 Å². The van der Waals surface area contributed by atoms with Gasteiger partial charge in [-0.15, -0.1) is 0 Å². The normalized spacial score (nSPS) is 10.8. The van der Waals surface area contributed by atoms with Gasteiger partial charge < -0.3 is 9.84 Å². The number of nitrogens with one attached hydrogen (secondary N) is 1. The molecule has 17 heavy (non-hydrogen) atoms. The Kier molecular flexibility index (Phi) is 3.71. The number of nitrogens with zero attached hydrogens (tertiary/aromatic N) is 2. The third kappa shape index (κ3) is 3.01. The van der Waals surface area contributed by atoms with Crippen LogP contribution >= 0.6 is 11.6 Å². The summed E-state index contributed by atoms with van der Waals surface area (Å²) in [5, 5.41) is 7.12. The number of rotatable bonds is 4. The fourth-order valence-electron chi connectivity index (χ4n) is 1.41. The molecule has 90 valence electrons. The second kappa shape index (κ2) is 5.25. The minimum Gasteiger partial charge on any atom is -0.340 e. The molecule has 0 spiro atoms. The van der Waals surface area contributed by atoms with Crippen molar-refractivity contribution in [3.8, 4) is 0 Å². The fraction of sp³-hybridized carbons (Fsp3) is 0.273. The van der Waals surface area contributed by atoms with E-state index in [1.165, 1.54) is 6.07 Å². The second-order valence-electron chi connectivity index (χ2n) is 3.53. The van der Waals surface area contributed by atoms with E-state index in [1.807, 2.05) is 0 Å². The lowest BCUT2D eigenvalue weighted by molar-refractivity contribution is 0.385. The van der Waals surface area contributed by atoms with Gasteiger partial charge in [0.1, 0.15) is 5.82 Å². The topological polar surface area (TPSA) is 51.0 Å². The maximum atomic E-state index is 13.4. The third-order valence-electron chi connectivity index (χ3n) is 2.22. The lowest BCUT2D eigenvalue weighted by Crippen LogP contribution is -2.15. The molecule has 4 nitrogen and oxygen atoms in total. The highest BCUT2D eigenvalue weighted by Gasteiger charge is 2.07. The fourth-order valence-corrected chi connectivity index (χ4v) is 1.64. The Bertz CT molecular complexity index is 495. The van der Waals surface area contributed by atoms with Crippen LogP contribution < -0.4 is 5.32 Å². The zero-order chi connectivity index (χ0) is 12.3. The Morgan fingerprint density at radius 3 is 2.88 bits per heavy atom. The van der Waals surface area contributed by atoms with Gasteiger partial charge >= 0.3 is 0 Å². The van der Waals surface area contributed by atoms with Gasteiger partial charge in [0, 0.05) is 24.1 Å². The van der Waals surface area contributed by atoms with Crippen molar-refractivity contribution in [1.29, 1.82) is 0 Å². The molecule has 1 aromatic heterocycles. The van der Waals surface area contributed by atoms with Crippen LogP contribution in [-0.4, -0.2) is 10.1 Å². The highest BCUT2D eigenvalue weighted by molar-refractivity contribution is 6.31. The monoisotopic (exact) mass is 255 g/mol. The zero-order valence-electron chi connectivity index (χ0n) is 9.20. The Labute approximate surface area is 103 Å². The van der Waals surface area contributed by atoms with Crippen LogP contribution in [0.2, 0.25) is 5.02 Å². The van der Waals surface area contributed by atoms with Crippen LogP contribution in [0.5, 0.6) is 0 Å². The van der Waals surface area contributed by atoms with E-state index >= 15 is 0 Å². The molecular formula is C11H11ClFN3O. The first-order valence-electron chi connectivity index (χ1n) is 5.09. The Hall–Kier alpha value is -1.46. The van der Waals surface area contributed by atoms with Gasteiger partial charge in [0.2, 0.25) is 5.89 Å². The standard InChI is InChI=1S/C11H11ClFN3O/c1-7-15-11(16-17-7)6-14-5-8-9(12)3-2-4-10(8)13/h2-4,14H,5-6H2,1H3. The molecule has 0 aliphatic rings. The number of aromatic nitrogens is 2. The summed E-state index contributed by atoms with van der Waals surface area (Å²) >= 11 is 5.89. The van der Waals surface area contributed by atoms with Crippen LogP contribution in [0.3, 0.4) is 0 Å². The predicted molar refractivity (Wildman–Crippen MR) is 61.0 cm³/mol. The summed E-state index contributed by atoms with van der Waals surface area (Å²) in [6.45, 7) is 2.44. The maximum Gasteiger partial charge on any atom is 0.223 e. The largest absolute Gasteiger partial charge is 0.340 e. The van der Waals surface area contributed by atoms with Crippen LogP contribution in [0.4, 0.5) is 4.39 Å². The molecule has 0 radical (unpaired) electrons. The summed E-state index contributed by atoms with van der Waals surface area (Å²) < 4.78 is 18.2. The first-order chi connectivity index (χ1) is 8.16. The summed E-state index contributed by atoms with van der Waals surface area (Å²) in [7, 11) is 0. The molecule has 0 atom stereocenters. The van der Waals surface area contributed by atoms with Gasteiger partial charge in [-0.05, 0) is 12.1 Å². The molecule has 1 aromatic carbocycles. The smallest absolute Gasteiger partial charge is 0.223 e. The van der Waals surface area contributed by atoms with E-state index in [0.717, 1.165) is 0 Å². The lowest BCUT2D eigenvalue weighted by Gasteiger charge is -2.05. The number of benzene rings is 1. The molecule has 0 fully saturated rings. The number of aryl methyl sites for hydroxylation is 1. The molecule has 1 heterocycles. The minimum absolute atomic E-state index is 0.319. The molecular weight excluding hydrogens is 245 g/mol. The molecule has 0 saturated carbocycles. The Balaban J connectivity index is 1.94. The van der Waals surface area contributed by atoms with Crippen LogP contribution in [0.25, 0.3) is 0 Å². The van der Waals surface area contributed by atoms with Crippen LogP contribution in [0.15, 0.2) is 22.7 Å². The van der Waals surface area contributed by atoms with E-state index in [2.05, 4.69) is 15.5 Å². The summed E-state index contributed by atoms with van der Waals surface area (Å²) in [6.07, 6.45) is 0. The van der Waals surface area contributed by atoms with E-state index < -0.39 is 0 Å². The van der Waals surface area contributed by atoms with Crippen molar-refractivity contribution in [2.45, 2.75) is 20.0 Å². The van der Waals surface area contributed by atoms with Crippen molar-refractivity contribution in [3.63, 3.8) is 0 Å². The van der Waals surface area contributed by atoms with Crippen molar-refractivity contribution in [2.24, 2.45) is 0 Å². The van der Waals surface area contributed by atoms with Gasteiger partial charge in [-0.25, -0.2) is 4.39 Å². The van der Waals surface area contributed by atoms with Gasteiger partial charge in [-0.3, -0.25) is 0 Å². The molecule has 0 saturated heterocycles. The van der Waals surface area contributed by atoms with Crippen LogP contribution in [0.1, 0.15) is 17.3 Å². The first kappa shape index (κ1) is 12.0. The molecule has 0 bridgehead atoms. The summed E-state index contributed by atoms with van der Waals surface area (Å²) in [6, 6.07) is 4.60. The van der Waals surface area contributed by atoms with E-state index in [4.69, 9.17) is 16.1 Å². The molecule has 2 aromatic rings. The molecule has 0 aliphatic carbocycles. The highest BCUT2D eigenvalue weighted by Crippen LogP contribution is 2.18. The van der Waals surface area contributed by atoms with Crippen molar-refractivity contribution in [3.05, 3.63) is 46.3 Å². The third-order valence-corrected chi connectivity index (χ3v) is 2.57. The Morgan fingerprint density at radius 1 is 1.41 bits per heavy atom. The average Bonchev–Trinajstić information content (AvgIpc) is 2.69. The highest BCUT2D eigenvalue weighted by atomic mass is 35.5. The summed E-state index contributed by atoms with van der Waals surface area (Å²) in [5.41, 5.74) is 0.439. The molecule has 2 rings (SSSR count). The van der Waals surface area contributed by atoms with Crippen molar-refractivity contribution in [1.82, 2.24) is 15.5 Å². The van der Waals surface area contributed by atoms with Gasteiger partial charge in [0.25, 0.3) is 0 Å². The summed E-state index contributed by atoms with van der Waals surface area (Å²) in [4.78, 5) is 4.02. The second-order valence-corrected chi connectivity index (χ2v) is 3.94.